The van der Waals surface area contributed by atoms with Crippen LogP contribution in [0.15, 0.2) is 60.7 Å². The number of benzene rings is 3. The third-order valence-corrected chi connectivity index (χ3v) is 5.96. The number of nitrogens with one attached hydrogen (secondary N) is 1. The topological polar surface area (TPSA) is 50.7 Å². The summed E-state index contributed by atoms with van der Waals surface area (Å²) < 4.78 is 26.1. The van der Waals surface area contributed by atoms with Crippen molar-refractivity contribution in [3.05, 3.63) is 88.2 Å². The van der Waals surface area contributed by atoms with Crippen LogP contribution < -0.4 is 10.1 Å². The van der Waals surface area contributed by atoms with Crippen LogP contribution >= 0.6 is 11.6 Å². The normalized spacial score (nSPS) is 12.6. The van der Waals surface area contributed by atoms with Crippen molar-refractivity contribution in [3.8, 4) is 16.9 Å². The summed E-state index contributed by atoms with van der Waals surface area (Å²) >= 11 is 6.59. The first kappa shape index (κ1) is 26.2. The van der Waals surface area contributed by atoms with Crippen LogP contribution in [-0.4, -0.2) is 44.1 Å². The van der Waals surface area contributed by atoms with Crippen LogP contribution in [0, 0.1) is 12.7 Å². The van der Waals surface area contributed by atoms with Gasteiger partial charge in [0.2, 0.25) is 0 Å². The monoisotopic (exact) mass is 485 g/mol. The van der Waals surface area contributed by atoms with Crippen LogP contribution in [0.3, 0.4) is 0 Å². The minimum atomic E-state index is -0.824. The molecule has 6 heteroatoms. The molecule has 0 saturated heterocycles. The van der Waals surface area contributed by atoms with Crippen LogP contribution in [0.25, 0.3) is 11.1 Å². The van der Waals surface area contributed by atoms with E-state index in [0.717, 1.165) is 16.7 Å². The number of hydrogen-bond donors (Lipinski definition) is 2. The molecule has 1 unspecified atom stereocenters. The summed E-state index contributed by atoms with van der Waals surface area (Å²) in [7, 11) is 1.57. The first-order valence-corrected chi connectivity index (χ1v) is 11.8. The Morgan fingerprint density at radius 1 is 1.03 bits per heavy atom. The van der Waals surface area contributed by atoms with E-state index in [-0.39, 0.29) is 18.3 Å². The SMILES string of the molecule is COCCOc1ccc(C)c(-c2cc(C(CNCC(C)(C)O)c3ccccc3)ccc2Cl)c1F. The summed E-state index contributed by atoms with van der Waals surface area (Å²) in [5.41, 5.74) is 3.11. The van der Waals surface area contributed by atoms with Gasteiger partial charge in [-0.15, -0.1) is 0 Å². The molecule has 0 aliphatic heterocycles. The van der Waals surface area contributed by atoms with Gasteiger partial charge in [0.15, 0.2) is 11.6 Å². The second kappa shape index (κ2) is 11.8. The van der Waals surface area contributed by atoms with E-state index >= 15 is 4.39 Å². The molecule has 2 N–H and O–H groups in total. The Bertz CT molecular complexity index is 1080. The Morgan fingerprint density at radius 2 is 1.76 bits per heavy atom. The largest absolute Gasteiger partial charge is 0.488 e. The highest BCUT2D eigenvalue weighted by molar-refractivity contribution is 6.33. The van der Waals surface area contributed by atoms with E-state index in [2.05, 4.69) is 17.4 Å². The number of aryl methyl sites for hydroxylation is 1. The Morgan fingerprint density at radius 3 is 2.44 bits per heavy atom. The first-order valence-electron chi connectivity index (χ1n) is 11.4. The Kier molecular flexibility index (Phi) is 9.09. The van der Waals surface area contributed by atoms with E-state index in [9.17, 15) is 5.11 Å². The second-order valence-electron chi connectivity index (χ2n) is 9.06. The standard InChI is InChI=1S/C28H33ClFNO3/c1-19-10-13-25(34-15-14-33-4)27(30)26(19)22-16-21(11-12-24(22)29)23(17-31-18-28(2,3)32)20-8-6-5-7-9-20/h5-13,16,23,31-32H,14-15,17-18H2,1-4H3. The van der Waals surface area contributed by atoms with Crippen molar-refractivity contribution in [3.63, 3.8) is 0 Å². The summed E-state index contributed by atoms with van der Waals surface area (Å²) in [6, 6.07) is 19.3. The number of methoxy groups -OCH3 is 1. The van der Waals surface area contributed by atoms with Gasteiger partial charge < -0.3 is 19.9 Å². The van der Waals surface area contributed by atoms with Gasteiger partial charge >= 0.3 is 0 Å². The molecular weight excluding hydrogens is 453 g/mol. The molecule has 0 heterocycles. The van der Waals surface area contributed by atoms with E-state index in [1.165, 1.54) is 0 Å². The molecule has 4 nitrogen and oxygen atoms in total. The highest BCUT2D eigenvalue weighted by Crippen LogP contribution is 2.38. The molecule has 0 fully saturated rings. The fraction of sp³-hybridized carbons (Fsp3) is 0.357. The molecule has 0 aliphatic carbocycles. The molecular formula is C28H33ClFNO3. The first-order chi connectivity index (χ1) is 16.2. The molecule has 0 aliphatic rings. The maximum atomic E-state index is 15.6. The quantitative estimate of drug-likeness (QED) is 0.328. The van der Waals surface area contributed by atoms with Gasteiger partial charge in [-0.1, -0.05) is 54.1 Å². The molecule has 3 aromatic carbocycles. The van der Waals surface area contributed by atoms with Crippen molar-refractivity contribution in [1.82, 2.24) is 5.32 Å². The van der Waals surface area contributed by atoms with Gasteiger partial charge in [-0.05, 0) is 55.7 Å². The average Bonchev–Trinajstić information content (AvgIpc) is 2.80. The molecule has 0 saturated carbocycles. The highest BCUT2D eigenvalue weighted by Gasteiger charge is 2.21. The zero-order valence-corrected chi connectivity index (χ0v) is 21.0. The van der Waals surface area contributed by atoms with Crippen LogP contribution in [0.1, 0.15) is 36.5 Å². The zero-order chi connectivity index (χ0) is 24.7. The molecule has 182 valence electrons. The molecule has 1 atom stereocenters. The van der Waals surface area contributed by atoms with Gasteiger partial charge in [0.05, 0.1) is 12.2 Å². The van der Waals surface area contributed by atoms with Gasteiger partial charge in [0.1, 0.15) is 6.61 Å². The highest BCUT2D eigenvalue weighted by atomic mass is 35.5. The lowest BCUT2D eigenvalue weighted by atomic mass is 9.88. The molecule has 34 heavy (non-hydrogen) atoms. The van der Waals surface area contributed by atoms with E-state index in [1.54, 1.807) is 27.0 Å². The summed E-state index contributed by atoms with van der Waals surface area (Å²) in [6.45, 7) is 7.08. The molecule has 0 aromatic heterocycles. The van der Waals surface area contributed by atoms with Gasteiger partial charge in [-0.2, -0.15) is 0 Å². The summed E-state index contributed by atoms with van der Waals surface area (Å²) in [5, 5.41) is 14.0. The van der Waals surface area contributed by atoms with Crippen LogP contribution in [0.4, 0.5) is 4.39 Å². The van der Waals surface area contributed by atoms with E-state index in [0.29, 0.717) is 35.8 Å². The smallest absolute Gasteiger partial charge is 0.173 e. The molecule has 0 amide bonds. The molecule has 0 spiro atoms. The molecule has 0 bridgehead atoms. The zero-order valence-electron chi connectivity index (χ0n) is 20.2. The second-order valence-corrected chi connectivity index (χ2v) is 9.46. The van der Waals surface area contributed by atoms with Crippen molar-refractivity contribution in [2.24, 2.45) is 0 Å². The third-order valence-electron chi connectivity index (χ3n) is 5.63. The number of aliphatic hydroxyl groups is 1. The number of ether oxygens (including phenoxy) is 2. The van der Waals surface area contributed by atoms with Crippen molar-refractivity contribution in [2.45, 2.75) is 32.3 Å². The van der Waals surface area contributed by atoms with Crippen molar-refractivity contribution in [2.75, 3.05) is 33.4 Å². The van der Waals surface area contributed by atoms with Crippen LogP contribution in [-0.2, 0) is 4.74 Å². The molecule has 3 rings (SSSR count). The lowest BCUT2D eigenvalue weighted by Crippen LogP contribution is -2.36. The molecule has 0 radical (unpaired) electrons. The summed E-state index contributed by atoms with van der Waals surface area (Å²) in [6.07, 6.45) is 0. The Balaban J connectivity index is 2.01. The lowest BCUT2D eigenvalue weighted by molar-refractivity contribution is 0.0798. The number of halogens is 2. The predicted molar refractivity (Wildman–Crippen MR) is 136 cm³/mol. The summed E-state index contributed by atoms with van der Waals surface area (Å²) in [4.78, 5) is 0. The number of hydrogen-bond acceptors (Lipinski definition) is 4. The Labute approximate surface area is 206 Å². The van der Waals surface area contributed by atoms with Gasteiger partial charge in [-0.3, -0.25) is 0 Å². The van der Waals surface area contributed by atoms with Crippen molar-refractivity contribution in [1.29, 1.82) is 0 Å². The van der Waals surface area contributed by atoms with Crippen LogP contribution in [0.5, 0.6) is 5.75 Å². The van der Waals surface area contributed by atoms with Gasteiger partial charge in [0.25, 0.3) is 0 Å². The van der Waals surface area contributed by atoms with E-state index < -0.39 is 11.4 Å². The van der Waals surface area contributed by atoms with Crippen molar-refractivity contribution >= 4 is 11.6 Å². The van der Waals surface area contributed by atoms with Gasteiger partial charge in [0, 0.05) is 42.3 Å². The van der Waals surface area contributed by atoms with Crippen LogP contribution in [0.2, 0.25) is 5.02 Å². The minimum absolute atomic E-state index is 0.0101. The maximum Gasteiger partial charge on any atom is 0.173 e. The molecule has 3 aromatic rings. The number of rotatable bonds is 11. The Hall–Kier alpha value is -2.44. The van der Waals surface area contributed by atoms with Crippen molar-refractivity contribution < 1.29 is 19.0 Å². The van der Waals surface area contributed by atoms with E-state index in [4.69, 9.17) is 21.1 Å². The lowest BCUT2D eigenvalue weighted by Gasteiger charge is -2.24. The predicted octanol–water partition coefficient (Wildman–Crippen LogP) is 5.97. The third kappa shape index (κ3) is 6.80. The fourth-order valence-electron chi connectivity index (χ4n) is 3.92. The van der Waals surface area contributed by atoms with Gasteiger partial charge in [-0.25, -0.2) is 4.39 Å². The average molecular weight is 486 g/mol. The summed E-state index contributed by atoms with van der Waals surface area (Å²) in [5.74, 6) is -0.277. The maximum absolute atomic E-state index is 15.6. The fourth-order valence-corrected chi connectivity index (χ4v) is 4.13. The minimum Gasteiger partial charge on any atom is -0.488 e. The van der Waals surface area contributed by atoms with E-state index in [1.807, 2.05) is 49.4 Å².